The van der Waals surface area contributed by atoms with Gasteiger partial charge in [0.15, 0.2) is 5.11 Å². The van der Waals surface area contributed by atoms with E-state index in [4.69, 9.17) is 17.0 Å². The first-order valence-electron chi connectivity index (χ1n) is 10.9. The summed E-state index contributed by atoms with van der Waals surface area (Å²) in [5.41, 5.74) is 3.68. The highest BCUT2D eigenvalue weighted by molar-refractivity contribution is 7.80. The van der Waals surface area contributed by atoms with Gasteiger partial charge in [-0.3, -0.25) is 15.0 Å². The molecular formula is C26H27N3O2S. The van der Waals surface area contributed by atoms with Crippen molar-refractivity contribution in [3.8, 4) is 5.75 Å². The molecule has 1 amide bonds. The van der Waals surface area contributed by atoms with Gasteiger partial charge in [-0.1, -0.05) is 48.5 Å². The number of amides is 1. The molecule has 1 aliphatic heterocycles. The molecule has 6 heteroatoms. The van der Waals surface area contributed by atoms with Crippen LogP contribution in [-0.2, 0) is 13.2 Å². The Morgan fingerprint density at radius 2 is 1.66 bits per heavy atom. The molecule has 1 aliphatic rings. The summed E-state index contributed by atoms with van der Waals surface area (Å²) in [4.78, 5) is 15.1. The van der Waals surface area contributed by atoms with Gasteiger partial charge in [-0.15, -0.1) is 0 Å². The fourth-order valence-electron chi connectivity index (χ4n) is 3.70. The second-order valence-corrected chi connectivity index (χ2v) is 8.30. The third-order valence-corrected chi connectivity index (χ3v) is 5.59. The number of carbonyl (C=O) groups is 1. The molecule has 0 unspecified atom stereocenters. The quantitative estimate of drug-likeness (QED) is 0.502. The van der Waals surface area contributed by atoms with Gasteiger partial charge in [0.05, 0.1) is 0 Å². The highest BCUT2D eigenvalue weighted by atomic mass is 32.1. The van der Waals surface area contributed by atoms with Gasteiger partial charge in [-0.2, -0.15) is 0 Å². The summed E-state index contributed by atoms with van der Waals surface area (Å²) in [6.07, 6.45) is 2.57. The van der Waals surface area contributed by atoms with Crippen LogP contribution in [0.25, 0.3) is 0 Å². The molecule has 3 aromatic rings. The highest BCUT2D eigenvalue weighted by Gasteiger charge is 2.12. The molecule has 0 radical (unpaired) electrons. The lowest BCUT2D eigenvalue weighted by Crippen LogP contribution is -2.34. The van der Waals surface area contributed by atoms with Crippen LogP contribution in [0.2, 0.25) is 0 Å². The van der Waals surface area contributed by atoms with Gasteiger partial charge >= 0.3 is 0 Å². The Kier molecular flexibility index (Phi) is 7.48. The molecule has 1 heterocycles. The van der Waals surface area contributed by atoms with Crippen molar-refractivity contribution in [3.63, 3.8) is 0 Å². The van der Waals surface area contributed by atoms with E-state index >= 15 is 0 Å². The largest absolute Gasteiger partial charge is 0.489 e. The lowest BCUT2D eigenvalue weighted by molar-refractivity contribution is 0.0977. The van der Waals surface area contributed by atoms with E-state index in [1.165, 1.54) is 31.5 Å². The lowest BCUT2D eigenvalue weighted by atomic mass is 10.2. The van der Waals surface area contributed by atoms with Crippen LogP contribution >= 0.6 is 12.2 Å². The van der Waals surface area contributed by atoms with Crippen LogP contribution in [0.3, 0.4) is 0 Å². The molecule has 0 spiro atoms. The number of anilines is 1. The molecule has 0 atom stereocenters. The average molecular weight is 446 g/mol. The Labute approximate surface area is 194 Å². The summed E-state index contributed by atoms with van der Waals surface area (Å²) in [5.74, 6) is 0.354. The number of hydrogen-bond acceptors (Lipinski definition) is 4. The van der Waals surface area contributed by atoms with Crippen LogP contribution in [0.1, 0.15) is 34.3 Å². The lowest BCUT2D eigenvalue weighted by Gasteiger charge is -2.15. The van der Waals surface area contributed by atoms with Crippen LogP contribution in [0.4, 0.5) is 5.69 Å². The molecule has 1 fully saturated rings. The Morgan fingerprint density at radius 1 is 0.906 bits per heavy atom. The summed E-state index contributed by atoms with van der Waals surface area (Å²) < 4.78 is 5.81. The number of ether oxygens (including phenoxy) is 1. The second kappa shape index (κ2) is 10.9. The number of nitrogens with zero attached hydrogens (tertiary/aromatic N) is 1. The van der Waals surface area contributed by atoms with Gasteiger partial charge in [-0.05, 0) is 79.6 Å². The first-order valence-corrected chi connectivity index (χ1v) is 11.3. The third kappa shape index (κ3) is 6.39. The van der Waals surface area contributed by atoms with Gasteiger partial charge in [0.1, 0.15) is 12.4 Å². The number of likely N-dealkylation sites (tertiary alicyclic amines) is 1. The first-order chi connectivity index (χ1) is 15.7. The Balaban J connectivity index is 1.28. The maximum absolute atomic E-state index is 12.6. The molecule has 5 nitrogen and oxygen atoms in total. The van der Waals surface area contributed by atoms with E-state index in [9.17, 15) is 4.79 Å². The van der Waals surface area contributed by atoms with Crippen molar-refractivity contribution in [1.29, 1.82) is 0 Å². The minimum absolute atomic E-state index is 0.262. The molecule has 0 bridgehead atoms. The van der Waals surface area contributed by atoms with Crippen molar-refractivity contribution in [2.75, 3.05) is 18.4 Å². The Morgan fingerprint density at radius 3 is 2.41 bits per heavy atom. The Hall–Kier alpha value is -3.22. The minimum atomic E-state index is -0.279. The predicted octanol–water partition coefficient (Wildman–Crippen LogP) is 4.99. The molecule has 0 aliphatic carbocycles. The standard InChI is InChI=1S/C26H27N3O2S/c30-25(22-9-6-10-24(17-22)31-19-21-7-2-1-3-8-21)28-26(32)27-23-13-11-20(12-14-23)18-29-15-4-5-16-29/h1-3,6-14,17H,4-5,15-16,18-19H2,(H2,27,28,30,32). The highest BCUT2D eigenvalue weighted by Crippen LogP contribution is 2.17. The molecule has 4 rings (SSSR count). The maximum atomic E-state index is 12.6. The van der Waals surface area contributed by atoms with E-state index in [-0.39, 0.29) is 11.0 Å². The van der Waals surface area contributed by atoms with Gasteiger partial charge < -0.3 is 10.1 Å². The van der Waals surface area contributed by atoms with Crippen LogP contribution in [0.15, 0.2) is 78.9 Å². The van der Waals surface area contributed by atoms with Crippen molar-refractivity contribution in [1.82, 2.24) is 10.2 Å². The third-order valence-electron chi connectivity index (χ3n) is 5.39. The SMILES string of the molecule is O=C(NC(=S)Nc1ccc(CN2CCCC2)cc1)c1cccc(OCc2ccccc2)c1. The number of benzene rings is 3. The van der Waals surface area contributed by atoms with E-state index in [2.05, 4.69) is 27.7 Å². The average Bonchev–Trinajstić information content (AvgIpc) is 3.33. The summed E-state index contributed by atoms with van der Waals surface area (Å²) in [5, 5.41) is 6.08. The van der Waals surface area contributed by atoms with Crippen molar-refractivity contribution < 1.29 is 9.53 Å². The fraction of sp³-hybridized carbons (Fsp3) is 0.231. The molecule has 164 valence electrons. The molecular weight excluding hydrogens is 418 g/mol. The maximum Gasteiger partial charge on any atom is 0.257 e. The Bertz CT molecular complexity index is 1050. The topological polar surface area (TPSA) is 53.6 Å². The van der Waals surface area contributed by atoms with Crippen molar-refractivity contribution in [2.45, 2.75) is 26.0 Å². The monoisotopic (exact) mass is 445 g/mol. The van der Waals surface area contributed by atoms with Crippen LogP contribution in [-0.4, -0.2) is 29.0 Å². The van der Waals surface area contributed by atoms with Crippen molar-refractivity contribution in [3.05, 3.63) is 95.6 Å². The molecule has 1 saturated heterocycles. The number of hydrogen-bond donors (Lipinski definition) is 2. The molecule has 32 heavy (non-hydrogen) atoms. The fourth-order valence-corrected chi connectivity index (χ4v) is 3.91. The summed E-state index contributed by atoms with van der Waals surface area (Å²) >= 11 is 5.33. The van der Waals surface area contributed by atoms with Gasteiger partial charge in [-0.25, -0.2) is 0 Å². The minimum Gasteiger partial charge on any atom is -0.489 e. The van der Waals surface area contributed by atoms with Gasteiger partial charge in [0, 0.05) is 17.8 Å². The normalized spacial score (nSPS) is 13.5. The summed E-state index contributed by atoms with van der Waals surface area (Å²) in [7, 11) is 0. The molecule has 0 saturated carbocycles. The molecule has 0 aromatic heterocycles. The summed E-state index contributed by atoms with van der Waals surface area (Å²) in [6.45, 7) is 3.77. The van der Waals surface area contributed by atoms with Crippen molar-refractivity contribution >= 4 is 28.9 Å². The van der Waals surface area contributed by atoms with E-state index in [1.807, 2.05) is 48.5 Å². The van der Waals surface area contributed by atoms with Crippen molar-refractivity contribution in [2.24, 2.45) is 0 Å². The van der Waals surface area contributed by atoms with E-state index in [0.717, 1.165) is 17.8 Å². The number of thiocarbonyl (C=S) groups is 1. The zero-order valence-corrected chi connectivity index (χ0v) is 18.7. The van der Waals surface area contributed by atoms with Crippen LogP contribution in [0.5, 0.6) is 5.75 Å². The van der Waals surface area contributed by atoms with E-state index in [1.54, 1.807) is 18.2 Å². The first kappa shape index (κ1) is 22.0. The zero-order valence-electron chi connectivity index (χ0n) is 17.9. The van der Waals surface area contributed by atoms with Gasteiger partial charge in [0.25, 0.3) is 5.91 Å². The molecule has 2 N–H and O–H groups in total. The molecule has 3 aromatic carbocycles. The van der Waals surface area contributed by atoms with Crippen LogP contribution < -0.4 is 15.4 Å². The number of nitrogens with one attached hydrogen (secondary N) is 2. The number of carbonyl (C=O) groups excluding carboxylic acids is 1. The number of rotatable bonds is 7. The predicted molar refractivity (Wildman–Crippen MR) is 132 cm³/mol. The summed E-state index contributed by atoms with van der Waals surface area (Å²) in [6, 6.07) is 25.2. The van der Waals surface area contributed by atoms with Gasteiger partial charge in [0.2, 0.25) is 0 Å². The smallest absolute Gasteiger partial charge is 0.257 e. The van der Waals surface area contributed by atoms with E-state index < -0.39 is 0 Å². The van der Waals surface area contributed by atoms with E-state index in [0.29, 0.717) is 17.9 Å². The zero-order chi connectivity index (χ0) is 22.2. The van der Waals surface area contributed by atoms with Crippen LogP contribution in [0, 0.1) is 0 Å². The second-order valence-electron chi connectivity index (χ2n) is 7.89.